The zero-order valence-corrected chi connectivity index (χ0v) is 14.3. The normalized spacial score (nSPS) is 21.3. The van der Waals surface area contributed by atoms with Gasteiger partial charge in [0.1, 0.15) is 11.8 Å². The molecular weight excluding hydrogens is 298 g/mol. The van der Waals surface area contributed by atoms with Gasteiger partial charge < -0.3 is 9.64 Å². The van der Waals surface area contributed by atoms with E-state index in [9.17, 15) is 5.26 Å². The van der Waals surface area contributed by atoms with Gasteiger partial charge in [-0.25, -0.2) is 0 Å². The topological polar surface area (TPSA) is 39.5 Å². The molecule has 5 heteroatoms. The van der Waals surface area contributed by atoms with Crippen LogP contribution in [0.25, 0.3) is 0 Å². The summed E-state index contributed by atoms with van der Waals surface area (Å²) in [5, 5.41) is 10.2. The molecule has 0 radical (unpaired) electrons. The standard InChI is InChI=1S/C17H24ClN3O/c1-4-9-22-17-6-5-14(10-15(17)18)16(11-19)21-8-7-20(3)13(2)12-21/h5-6,10,13,16H,4,7-9,12H2,1-3H3. The maximum Gasteiger partial charge on any atom is 0.137 e. The second-order valence-electron chi connectivity index (χ2n) is 5.89. The molecule has 1 aliphatic rings. The number of likely N-dealkylation sites (N-methyl/N-ethyl adjacent to an activating group) is 1. The lowest BCUT2D eigenvalue weighted by atomic mass is 10.0. The number of halogens is 1. The summed E-state index contributed by atoms with van der Waals surface area (Å²) < 4.78 is 5.60. The van der Waals surface area contributed by atoms with Crippen molar-refractivity contribution in [1.29, 1.82) is 5.26 Å². The molecular formula is C17H24ClN3O. The first-order valence-electron chi connectivity index (χ1n) is 7.83. The molecule has 0 spiro atoms. The average Bonchev–Trinajstić information content (AvgIpc) is 2.51. The van der Waals surface area contributed by atoms with Crippen molar-refractivity contribution in [3.05, 3.63) is 28.8 Å². The highest BCUT2D eigenvalue weighted by molar-refractivity contribution is 6.32. The summed E-state index contributed by atoms with van der Waals surface area (Å²) in [4.78, 5) is 4.54. The first-order chi connectivity index (χ1) is 10.6. The van der Waals surface area contributed by atoms with Crippen molar-refractivity contribution in [2.45, 2.75) is 32.4 Å². The Morgan fingerprint density at radius 2 is 2.23 bits per heavy atom. The summed E-state index contributed by atoms with van der Waals surface area (Å²) in [6.45, 7) is 7.66. The van der Waals surface area contributed by atoms with Crippen molar-refractivity contribution in [2.24, 2.45) is 0 Å². The zero-order valence-electron chi connectivity index (χ0n) is 13.6. The molecule has 120 valence electrons. The van der Waals surface area contributed by atoms with Gasteiger partial charge in [-0.05, 0) is 38.1 Å². The van der Waals surface area contributed by atoms with Gasteiger partial charge in [-0.15, -0.1) is 0 Å². The van der Waals surface area contributed by atoms with Crippen LogP contribution in [0.5, 0.6) is 5.75 Å². The molecule has 1 saturated heterocycles. The van der Waals surface area contributed by atoms with Crippen molar-refractivity contribution in [1.82, 2.24) is 9.80 Å². The van der Waals surface area contributed by atoms with E-state index in [4.69, 9.17) is 16.3 Å². The summed E-state index contributed by atoms with van der Waals surface area (Å²) in [6.07, 6.45) is 0.943. The largest absolute Gasteiger partial charge is 0.492 e. The first-order valence-corrected chi connectivity index (χ1v) is 8.20. The van der Waals surface area contributed by atoms with Crippen LogP contribution in [0.2, 0.25) is 5.02 Å². The number of hydrogen-bond donors (Lipinski definition) is 0. The van der Waals surface area contributed by atoms with Crippen molar-refractivity contribution >= 4 is 11.6 Å². The predicted molar refractivity (Wildman–Crippen MR) is 89.3 cm³/mol. The summed E-state index contributed by atoms with van der Waals surface area (Å²) in [5.74, 6) is 0.690. The van der Waals surface area contributed by atoms with Crippen molar-refractivity contribution < 1.29 is 4.74 Å². The number of ether oxygens (including phenoxy) is 1. The monoisotopic (exact) mass is 321 g/mol. The predicted octanol–water partition coefficient (Wildman–Crippen LogP) is 3.33. The van der Waals surface area contributed by atoms with Crippen LogP contribution in [0.3, 0.4) is 0 Å². The molecule has 1 heterocycles. The average molecular weight is 322 g/mol. The minimum Gasteiger partial charge on any atom is -0.492 e. The summed E-state index contributed by atoms with van der Waals surface area (Å²) in [6, 6.07) is 8.31. The Bertz CT molecular complexity index is 543. The van der Waals surface area contributed by atoms with Gasteiger partial charge >= 0.3 is 0 Å². The molecule has 22 heavy (non-hydrogen) atoms. The summed E-state index contributed by atoms with van der Waals surface area (Å²) in [5.41, 5.74) is 0.938. The van der Waals surface area contributed by atoms with E-state index in [1.165, 1.54) is 0 Å². The quantitative estimate of drug-likeness (QED) is 0.834. The molecule has 0 aliphatic carbocycles. The number of piperazine rings is 1. The second-order valence-corrected chi connectivity index (χ2v) is 6.30. The molecule has 1 fully saturated rings. The third kappa shape index (κ3) is 3.92. The lowest BCUT2D eigenvalue weighted by Gasteiger charge is -2.39. The van der Waals surface area contributed by atoms with Gasteiger partial charge in [-0.1, -0.05) is 24.6 Å². The molecule has 0 N–H and O–H groups in total. The van der Waals surface area contributed by atoms with Crippen LogP contribution in [0.1, 0.15) is 31.9 Å². The molecule has 4 nitrogen and oxygen atoms in total. The SMILES string of the molecule is CCCOc1ccc(C(C#N)N2CCN(C)C(C)C2)cc1Cl. The first kappa shape index (κ1) is 17.1. The van der Waals surface area contributed by atoms with Crippen molar-refractivity contribution in [2.75, 3.05) is 33.3 Å². The van der Waals surface area contributed by atoms with Crippen molar-refractivity contribution in [3.8, 4) is 11.8 Å². The minimum absolute atomic E-state index is 0.256. The maximum absolute atomic E-state index is 9.61. The van der Waals surface area contributed by atoms with Crippen LogP contribution in [-0.4, -0.2) is 49.1 Å². The van der Waals surface area contributed by atoms with E-state index in [-0.39, 0.29) is 6.04 Å². The molecule has 2 rings (SSSR count). The Kier molecular flexibility index (Phi) is 6.07. The third-order valence-corrected chi connectivity index (χ3v) is 4.51. The Morgan fingerprint density at radius 1 is 1.45 bits per heavy atom. The van der Waals surface area contributed by atoms with Gasteiger partial charge in [0, 0.05) is 25.7 Å². The minimum atomic E-state index is -0.256. The van der Waals surface area contributed by atoms with Crippen LogP contribution >= 0.6 is 11.6 Å². The number of nitrogens with zero attached hydrogens (tertiary/aromatic N) is 3. The van der Waals surface area contributed by atoms with E-state index in [1.807, 2.05) is 18.2 Å². The van der Waals surface area contributed by atoms with Crippen molar-refractivity contribution in [3.63, 3.8) is 0 Å². The fourth-order valence-corrected chi connectivity index (χ4v) is 2.94. The smallest absolute Gasteiger partial charge is 0.137 e. The molecule has 0 saturated carbocycles. The third-order valence-electron chi connectivity index (χ3n) is 4.21. The number of hydrogen-bond acceptors (Lipinski definition) is 4. The Hall–Kier alpha value is -1.28. The molecule has 0 amide bonds. The number of rotatable bonds is 5. The fraction of sp³-hybridized carbons (Fsp3) is 0.588. The van der Waals surface area contributed by atoms with E-state index in [2.05, 4.69) is 36.8 Å². The van der Waals surface area contributed by atoms with E-state index in [1.54, 1.807) is 0 Å². The van der Waals surface area contributed by atoms with E-state index in [0.717, 1.165) is 31.6 Å². The molecule has 0 bridgehead atoms. The Morgan fingerprint density at radius 3 is 2.82 bits per heavy atom. The molecule has 1 aromatic rings. The van der Waals surface area contributed by atoms with Gasteiger partial charge in [0.05, 0.1) is 17.7 Å². The van der Waals surface area contributed by atoms with Crippen LogP contribution in [-0.2, 0) is 0 Å². The van der Waals surface area contributed by atoms with Gasteiger partial charge in [0.25, 0.3) is 0 Å². The summed E-state index contributed by atoms with van der Waals surface area (Å²) in [7, 11) is 2.13. The second kappa shape index (κ2) is 7.82. The van der Waals surface area contributed by atoms with Crippen LogP contribution in [0.15, 0.2) is 18.2 Å². The van der Waals surface area contributed by atoms with Crippen LogP contribution < -0.4 is 4.74 Å². The van der Waals surface area contributed by atoms with Crippen LogP contribution in [0.4, 0.5) is 0 Å². The van der Waals surface area contributed by atoms with Gasteiger partial charge in [-0.2, -0.15) is 5.26 Å². The molecule has 2 atom stereocenters. The van der Waals surface area contributed by atoms with E-state index < -0.39 is 0 Å². The highest BCUT2D eigenvalue weighted by Crippen LogP contribution is 2.31. The summed E-state index contributed by atoms with van der Waals surface area (Å²) >= 11 is 6.30. The molecule has 0 aromatic heterocycles. The van der Waals surface area contributed by atoms with Crippen LogP contribution in [0, 0.1) is 11.3 Å². The van der Waals surface area contributed by atoms with Gasteiger partial charge in [0.15, 0.2) is 0 Å². The zero-order chi connectivity index (χ0) is 16.1. The number of benzene rings is 1. The Labute approximate surface area is 138 Å². The van der Waals surface area contributed by atoms with Gasteiger partial charge in [-0.3, -0.25) is 4.90 Å². The molecule has 1 aromatic carbocycles. The highest BCUT2D eigenvalue weighted by atomic mass is 35.5. The lowest BCUT2D eigenvalue weighted by molar-refractivity contribution is 0.0881. The highest BCUT2D eigenvalue weighted by Gasteiger charge is 2.27. The van der Waals surface area contributed by atoms with E-state index >= 15 is 0 Å². The maximum atomic E-state index is 9.61. The number of nitriles is 1. The Balaban J connectivity index is 2.14. The fourth-order valence-electron chi connectivity index (χ4n) is 2.69. The lowest BCUT2D eigenvalue weighted by Crippen LogP contribution is -2.50. The van der Waals surface area contributed by atoms with E-state index in [0.29, 0.717) is 23.4 Å². The molecule has 2 unspecified atom stereocenters. The van der Waals surface area contributed by atoms with Gasteiger partial charge in [0.2, 0.25) is 0 Å². The molecule has 1 aliphatic heterocycles.